The molecule has 4 heteroatoms. The number of aryl methyl sites for hydroxylation is 2. The number of anilines is 1. The number of hydrogen-bond donors (Lipinski definition) is 0. The maximum absolute atomic E-state index is 11.5. The fraction of sp³-hybridized carbons (Fsp3) is 0.500. The second-order valence-corrected chi connectivity index (χ2v) is 3.95. The van der Waals surface area contributed by atoms with Gasteiger partial charge in [-0.3, -0.25) is 9.59 Å². The van der Waals surface area contributed by atoms with Gasteiger partial charge < -0.3 is 9.47 Å². The molecule has 0 N–H and O–H groups in total. The molecule has 0 aliphatic heterocycles. The first kappa shape index (κ1) is 12.5. The predicted octanol–water partition coefficient (Wildman–Crippen LogP) is 1.32. The number of unbranched alkanes of at least 4 members (excludes halogenated alkanes) is 1. The number of carbonyl (C=O) groups is 1. The van der Waals surface area contributed by atoms with Crippen LogP contribution >= 0.6 is 0 Å². The Hall–Kier alpha value is -1.58. The van der Waals surface area contributed by atoms with Crippen molar-refractivity contribution < 1.29 is 4.79 Å². The van der Waals surface area contributed by atoms with Crippen LogP contribution in [0.4, 0.5) is 5.69 Å². The molecule has 0 radical (unpaired) electrons. The van der Waals surface area contributed by atoms with Crippen LogP contribution in [0.5, 0.6) is 0 Å². The Balaban J connectivity index is 3.16. The van der Waals surface area contributed by atoms with Crippen molar-refractivity contribution in [2.24, 2.45) is 7.05 Å². The second-order valence-electron chi connectivity index (χ2n) is 3.95. The molecule has 1 aromatic rings. The number of amides is 1. The Morgan fingerprint density at radius 3 is 2.75 bits per heavy atom. The normalized spacial score (nSPS) is 10.2. The van der Waals surface area contributed by atoms with Gasteiger partial charge in [-0.25, -0.2) is 0 Å². The molecular weight excluding hydrogens is 204 g/mol. The first-order valence-corrected chi connectivity index (χ1v) is 5.47. The summed E-state index contributed by atoms with van der Waals surface area (Å²) in [5.74, 6) is 0. The molecule has 88 valence electrons. The summed E-state index contributed by atoms with van der Waals surface area (Å²) in [5.41, 5.74) is 1.72. The lowest BCUT2D eigenvalue weighted by Gasteiger charge is -2.16. The van der Waals surface area contributed by atoms with Gasteiger partial charge in [0, 0.05) is 26.4 Å². The third-order valence-corrected chi connectivity index (χ3v) is 2.63. The van der Waals surface area contributed by atoms with E-state index in [1.54, 1.807) is 26.4 Å². The molecule has 1 amide bonds. The van der Waals surface area contributed by atoms with Crippen LogP contribution in [0.2, 0.25) is 0 Å². The zero-order valence-electron chi connectivity index (χ0n) is 10.1. The summed E-state index contributed by atoms with van der Waals surface area (Å²) in [4.78, 5) is 23.8. The Kier molecular flexibility index (Phi) is 4.28. The molecule has 0 spiro atoms. The molecule has 0 aliphatic carbocycles. The van der Waals surface area contributed by atoms with E-state index in [4.69, 9.17) is 0 Å². The highest BCUT2D eigenvalue weighted by atomic mass is 16.1. The van der Waals surface area contributed by atoms with Gasteiger partial charge >= 0.3 is 0 Å². The highest BCUT2D eigenvalue weighted by Gasteiger charge is 2.08. The van der Waals surface area contributed by atoms with Gasteiger partial charge in [0.15, 0.2) is 0 Å². The van der Waals surface area contributed by atoms with E-state index in [9.17, 15) is 9.59 Å². The minimum Gasteiger partial charge on any atom is -0.316 e. The van der Waals surface area contributed by atoms with Crippen LogP contribution in [0.1, 0.15) is 25.3 Å². The van der Waals surface area contributed by atoms with Crippen LogP contribution in [-0.2, 0) is 18.3 Å². The van der Waals surface area contributed by atoms with Crippen molar-refractivity contribution in [1.29, 1.82) is 0 Å². The van der Waals surface area contributed by atoms with Crippen molar-refractivity contribution in [1.82, 2.24) is 4.57 Å². The van der Waals surface area contributed by atoms with Gasteiger partial charge in [-0.05, 0) is 18.4 Å². The summed E-state index contributed by atoms with van der Waals surface area (Å²) in [6, 6.07) is 1.62. The van der Waals surface area contributed by atoms with E-state index in [2.05, 4.69) is 6.92 Å². The Labute approximate surface area is 95.5 Å². The third kappa shape index (κ3) is 2.72. The summed E-state index contributed by atoms with van der Waals surface area (Å²) in [7, 11) is 3.39. The number of rotatable bonds is 5. The molecule has 0 saturated heterocycles. The van der Waals surface area contributed by atoms with Crippen molar-refractivity contribution in [3.63, 3.8) is 0 Å². The van der Waals surface area contributed by atoms with Crippen molar-refractivity contribution in [2.45, 2.75) is 26.2 Å². The fourth-order valence-corrected chi connectivity index (χ4v) is 1.60. The predicted molar refractivity (Wildman–Crippen MR) is 64.8 cm³/mol. The van der Waals surface area contributed by atoms with Gasteiger partial charge in [0.05, 0.1) is 5.69 Å². The summed E-state index contributed by atoms with van der Waals surface area (Å²) in [5, 5.41) is 0. The van der Waals surface area contributed by atoms with E-state index in [1.807, 2.05) is 0 Å². The number of carbonyl (C=O) groups excluding carboxylic acids is 1. The molecular formula is C12H18N2O2. The Morgan fingerprint density at radius 2 is 2.19 bits per heavy atom. The molecule has 1 aromatic heterocycles. The van der Waals surface area contributed by atoms with E-state index in [1.165, 1.54) is 9.47 Å². The van der Waals surface area contributed by atoms with E-state index in [-0.39, 0.29) is 5.56 Å². The maximum atomic E-state index is 11.5. The topological polar surface area (TPSA) is 42.3 Å². The minimum absolute atomic E-state index is 0.0332. The molecule has 0 atom stereocenters. The maximum Gasteiger partial charge on any atom is 0.250 e. The zero-order chi connectivity index (χ0) is 12.1. The molecule has 0 unspecified atom stereocenters. The highest BCUT2D eigenvalue weighted by Crippen LogP contribution is 2.18. The molecule has 16 heavy (non-hydrogen) atoms. The minimum atomic E-state index is -0.0332. The van der Waals surface area contributed by atoms with Gasteiger partial charge in [-0.15, -0.1) is 0 Å². The average molecular weight is 222 g/mol. The van der Waals surface area contributed by atoms with Gasteiger partial charge in [0.1, 0.15) is 0 Å². The molecule has 0 aromatic carbocycles. The van der Waals surface area contributed by atoms with E-state index < -0.39 is 0 Å². The standard InChI is InChI=1S/C12H18N2O2/c1-4-5-6-10-7-12(16)13(2)8-11(10)14(3)9-15/h7-9H,4-6H2,1-3H3. The lowest BCUT2D eigenvalue weighted by molar-refractivity contribution is -0.107. The largest absolute Gasteiger partial charge is 0.316 e. The Bertz CT molecular complexity index is 424. The van der Waals surface area contributed by atoms with Crippen molar-refractivity contribution >= 4 is 12.1 Å². The van der Waals surface area contributed by atoms with Gasteiger partial charge in [-0.2, -0.15) is 0 Å². The van der Waals surface area contributed by atoms with Crippen LogP contribution in [0, 0.1) is 0 Å². The first-order chi connectivity index (χ1) is 7.60. The molecule has 1 heterocycles. The summed E-state index contributed by atoms with van der Waals surface area (Å²) in [6.45, 7) is 2.10. The molecule has 0 saturated carbocycles. The first-order valence-electron chi connectivity index (χ1n) is 5.47. The third-order valence-electron chi connectivity index (χ3n) is 2.63. The summed E-state index contributed by atoms with van der Waals surface area (Å²) in [6.07, 6.45) is 5.39. The number of hydrogen-bond acceptors (Lipinski definition) is 2. The van der Waals surface area contributed by atoms with Gasteiger partial charge in [0.2, 0.25) is 6.41 Å². The molecule has 0 fully saturated rings. The van der Waals surface area contributed by atoms with Crippen LogP contribution in [0.25, 0.3) is 0 Å². The average Bonchev–Trinajstić information content (AvgIpc) is 2.29. The molecule has 0 aliphatic rings. The molecule has 1 rings (SSSR count). The van der Waals surface area contributed by atoms with Crippen LogP contribution in [-0.4, -0.2) is 18.0 Å². The van der Waals surface area contributed by atoms with Crippen molar-refractivity contribution in [2.75, 3.05) is 11.9 Å². The zero-order valence-corrected chi connectivity index (χ0v) is 10.1. The lowest BCUT2D eigenvalue weighted by atomic mass is 10.1. The van der Waals surface area contributed by atoms with Crippen molar-refractivity contribution in [3.05, 3.63) is 28.2 Å². The monoisotopic (exact) mass is 222 g/mol. The smallest absolute Gasteiger partial charge is 0.250 e. The SMILES string of the molecule is CCCCc1cc(=O)n(C)cc1N(C)C=O. The summed E-state index contributed by atoms with van der Waals surface area (Å²) >= 11 is 0. The highest BCUT2D eigenvalue weighted by molar-refractivity contribution is 5.75. The quantitative estimate of drug-likeness (QED) is 0.705. The van der Waals surface area contributed by atoms with Crippen LogP contribution < -0.4 is 10.5 Å². The number of nitrogens with zero attached hydrogens (tertiary/aromatic N) is 2. The van der Waals surface area contributed by atoms with Crippen LogP contribution in [0.3, 0.4) is 0 Å². The van der Waals surface area contributed by atoms with Crippen molar-refractivity contribution in [3.8, 4) is 0 Å². The van der Waals surface area contributed by atoms with E-state index >= 15 is 0 Å². The second kappa shape index (κ2) is 5.49. The molecule has 0 bridgehead atoms. The number of aromatic nitrogens is 1. The van der Waals surface area contributed by atoms with Crippen LogP contribution in [0.15, 0.2) is 17.1 Å². The number of pyridine rings is 1. The lowest BCUT2D eigenvalue weighted by Crippen LogP contribution is -2.22. The Morgan fingerprint density at radius 1 is 1.50 bits per heavy atom. The molecule has 4 nitrogen and oxygen atoms in total. The van der Waals surface area contributed by atoms with Gasteiger partial charge in [0.25, 0.3) is 5.56 Å². The summed E-state index contributed by atoms with van der Waals surface area (Å²) < 4.78 is 1.49. The van der Waals surface area contributed by atoms with Gasteiger partial charge in [-0.1, -0.05) is 13.3 Å². The van der Waals surface area contributed by atoms with E-state index in [0.717, 1.165) is 36.9 Å². The van der Waals surface area contributed by atoms with E-state index in [0.29, 0.717) is 0 Å². The fourth-order valence-electron chi connectivity index (χ4n) is 1.60.